The molecule has 0 radical (unpaired) electrons. The van der Waals surface area contributed by atoms with Gasteiger partial charge in [-0.15, -0.1) is 0 Å². The highest BCUT2D eigenvalue weighted by Gasteiger charge is 2.28. The van der Waals surface area contributed by atoms with Crippen LogP contribution in [0.2, 0.25) is 0 Å². The lowest BCUT2D eigenvalue weighted by atomic mass is 10.0. The van der Waals surface area contributed by atoms with Crippen molar-refractivity contribution in [3.8, 4) is 0 Å². The molecule has 46 heavy (non-hydrogen) atoms. The second kappa shape index (κ2) is 30.6. The quantitative estimate of drug-likeness (QED) is 0.0350. The van der Waals surface area contributed by atoms with Gasteiger partial charge in [-0.1, -0.05) is 162 Å². The van der Waals surface area contributed by atoms with Crippen LogP contribution in [0.25, 0.3) is 0 Å². The van der Waals surface area contributed by atoms with E-state index in [1.54, 1.807) is 0 Å². The Hall–Kier alpha value is -0.500. The molecule has 8 nitrogen and oxygen atoms in total. The van der Waals surface area contributed by atoms with Crippen molar-refractivity contribution in [2.24, 2.45) is 0 Å². The van der Waals surface area contributed by atoms with Crippen LogP contribution in [0, 0.1) is 0 Å². The van der Waals surface area contributed by atoms with Crippen molar-refractivity contribution in [3.63, 3.8) is 0 Å². The first-order valence-electron chi connectivity index (χ1n) is 19.4. The van der Waals surface area contributed by atoms with Gasteiger partial charge >= 0.3 is 7.82 Å². The molecule has 0 aromatic carbocycles. The number of hydrogen-bond donors (Lipinski definition) is 3. The summed E-state index contributed by atoms with van der Waals surface area (Å²) in [5.74, 6) is -0.151. The monoisotopic (exact) mass is 678 g/mol. The Morgan fingerprint density at radius 3 is 1.46 bits per heavy atom. The number of phosphoric acid groups is 1. The first kappa shape index (κ1) is 45.5. The van der Waals surface area contributed by atoms with Crippen LogP contribution in [0.15, 0.2) is 0 Å². The van der Waals surface area contributed by atoms with Crippen molar-refractivity contribution >= 4 is 13.7 Å². The van der Waals surface area contributed by atoms with Gasteiger partial charge < -0.3 is 19.8 Å². The Morgan fingerprint density at radius 2 is 1.04 bits per heavy atom. The molecule has 3 atom stereocenters. The third-order valence-corrected chi connectivity index (χ3v) is 9.84. The predicted octanol–water partition coefficient (Wildman–Crippen LogP) is 9.85. The summed E-state index contributed by atoms with van der Waals surface area (Å²) in [7, 11) is 1.62. The molecular weight excluding hydrogens is 599 g/mol. The average Bonchev–Trinajstić information content (AvgIpc) is 2.99. The predicted molar refractivity (Wildman–Crippen MR) is 194 cm³/mol. The fourth-order valence-corrected chi connectivity index (χ4v) is 6.43. The molecule has 276 valence electrons. The van der Waals surface area contributed by atoms with E-state index >= 15 is 0 Å². The zero-order chi connectivity index (χ0) is 34.4. The topological polar surface area (TPSA) is 105 Å². The van der Waals surface area contributed by atoms with Crippen LogP contribution in [0.4, 0.5) is 0 Å². The normalized spacial score (nSPS) is 14.7. The van der Waals surface area contributed by atoms with Crippen LogP contribution < -0.4 is 5.32 Å². The maximum Gasteiger partial charge on any atom is 0.472 e. The molecule has 0 aliphatic carbocycles. The van der Waals surface area contributed by atoms with E-state index in [9.17, 15) is 19.4 Å². The average molecular weight is 678 g/mol. The molecule has 0 saturated carbocycles. The van der Waals surface area contributed by atoms with E-state index in [1.807, 2.05) is 21.1 Å². The van der Waals surface area contributed by atoms with Crippen LogP contribution in [-0.4, -0.2) is 73.4 Å². The third-order valence-electron chi connectivity index (χ3n) is 8.86. The van der Waals surface area contributed by atoms with Crippen molar-refractivity contribution in [2.45, 2.75) is 193 Å². The number of quaternary nitrogens is 1. The van der Waals surface area contributed by atoms with Crippen LogP contribution in [-0.2, 0) is 18.4 Å². The van der Waals surface area contributed by atoms with Crippen LogP contribution in [0.5, 0.6) is 0 Å². The molecule has 1 amide bonds. The zero-order valence-electron chi connectivity index (χ0n) is 31.1. The van der Waals surface area contributed by atoms with Crippen molar-refractivity contribution < 1.29 is 32.9 Å². The smallest absolute Gasteiger partial charge is 0.391 e. The van der Waals surface area contributed by atoms with E-state index < -0.39 is 20.0 Å². The summed E-state index contributed by atoms with van der Waals surface area (Å²) in [5.41, 5.74) is 0. The molecule has 0 heterocycles. The maximum absolute atomic E-state index is 12.7. The lowest BCUT2D eigenvalue weighted by Crippen LogP contribution is -2.46. The summed E-state index contributed by atoms with van der Waals surface area (Å²) < 4.78 is 23.4. The number of carbonyl (C=O) groups excluding carboxylic acids is 1. The van der Waals surface area contributed by atoms with Gasteiger partial charge in [0.1, 0.15) is 13.2 Å². The minimum absolute atomic E-state index is 0.0777. The van der Waals surface area contributed by atoms with Crippen LogP contribution >= 0.6 is 7.82 Å². The summed E-state index contributed by atoms with van der Waals surface area (Å²) in [6.45, 7) is 4.84. The number of likely N-dealkylation sites (N-methyl/N-ethyl adjacent to an activating group) is 1. The van der Waals surface area contributed by atoms with Crippen LogP contribution in [0.3, 0.4) is 0 Å². The van der Waals surface area contributed by atoms with Crippen molar-refractivity contribution in [1.29, 1.82) is 0 Å². The molecule has 0 rings (SSSR count). The number of carbonyl (C=O) groups is 1. The van der Waals surface area contributed by atoms with Crippen LogP contribution in [0.1, 0.15) is 181 Å². The van der Waals surface area contributed by atoms with E-state index in [-0.39, 0.29) is 19.1 Å². The highest BCUT2D eigenvalue weighted by Crippen LogP contribution is 2.43. The minimum Gasteiger partial charge on any atom is -0.391 e. The number of nitrogens with zero attached hydrogens (tertiary/aromatic N) is 1. The molecule has 9 heteroatoms. The van der Waals surface area contributed by atoms with Gasteiger partial charge in [0.05, 0.1) is 39.9 Å². The first-order chi connectivity index (χ1) is 22.0. The second-order valence-electron chi connectivity index (χ2n) is 14.7. The van der Waals surface area contributed by atoms with Gasteiger partial charge in [-0.3, -0.25) is 13.8 Å². The number of aliphatic hydroxyl groups is 1. The largest absolute Gasteiger partial charge is 0.472 e. The number of rotatable bonds is 35. The molecule has 1 unspecified atom stereocenters. The molecule has 0 aliphatic heterocycles. The molecule has 3 N–H and O–H groups in total. The van der Waals surface area contributed by atoms with Gasteiger partial charge in [0.25, 0.3) is 0 Å². The summed E-state index contributed by atoms with van der Waals surface area (Å²) in [5, 5.41) is 13.8. The van der Waals surface area contributed by atoms with Gasteiger partial charge in [0.15, 0.2) is 0 Å². The molecule has 0 spiro atoms. The van der Waals surface area contributed by atoms with Gasteiger partial charge in [-0.25, -0.2) is 4.57 Å². The van der Waals surface area contributed by atoms with Gasteiger partial charge in [-0.05, 0) is 12.8 Å². The van der Waals surface area contributed by atoms with Crippen molar-refractivity contribution in [3.05, 3.63) is 0 Å². The van der Waals surface area contributed by atoms with E-state index in [1.165, 1.54) is 116 Å². The van der Waals surface area contributed by atoms with Gasteiger partial charge in [-0.2, -0.15) is 0 Å². The highest BCUT2D eigenvalue weighted by molar-refractivity contribution is 7.47. The summed E-state index contributed by atoms with van der Waals surface area (Å²) in [4.78, 5) is 22.9. The Morgan fingerprint density at radius 1 is 0.652 bits per heavy atom. The van der Waals surface area contributed by atoms with Crippen molar-refractivity contribution in [2.75, 3.05) is 40.9 Å². The zero-order valence-corrected chi connectivity index (χ0v) is 32.0. The number of amides is 1. The van der Waals surface area contributed by atoms with E-state index in [0.29, 0.717) is 23.9 Å². The Bertz CT molecular complexity index is 733. The Balaban J connectivity index is 4.31. The summed E-state index contributed by atoms with van der Waals surface area (Å²) in [6, 6.07) is -0.749. The highest BCUT2D eigenvalue weighted by atomic mass is 31.2. The van der Waals surface area contributed by atoms with E-state index in [4.69, 9.17) is 9.05 Å². The number of phosphoric ester groups is 1. The lowest BCUT2D eigenvalue weighted by molar-refractivity contribution is -0.870. The minimum atomic E-state index is -4.29. The fraction of sp³-hybridized carbons (Fsp3) is 0.973. The molecule has 0 fully saturated rings. The van der Waals surface area contributed by atoms with Gasteiger partial charge in [0, 0.05) is 6.42 Å². The Labute approximate surface area is 285 Å². The number of hydrogen-bond acceptors (Lipinski definition) is 5. The van der Waals surface area contributed by atoms with E-state index in [0.717, 1.165) is 38.5 Å². The lowest BCUT2D eigenvalue weighted by Gasteiger charge is -2.26. The molecule has 0 saturated heterocycles. The van der Waals surface area contributed by atoms with E-state index in [2.05, 4.69) is 19.2 Å². The number of nitrogens with one attached hydrogen (secondary N) is 1. The number of aliphatic hydroxyl groups excluding tert-OH is 1. The molecule has 0 aromatic heterocycles. The summed E-state index contributed by atoms with van der Waals surface area (Å²) >= 11 is 0. The standard InChI is InChI=1S/C37H77N2O6P/c1-6-8-10-12-14-15-16-17-18-19-20-21-22-23-25-26-28-30-36(40)35(34-45-46(42,43)44-33-32-39(3,4)5)38-37(41)31-29-27-24-13-11-9-7-2/h35-36,40H,6-34H2,1-5H3,(H-,38,41,42,43)/p+1/t35-,36+/m1/s1. The van der Waals surface area contributed by atoms with Gasteiger partial charge in [0.2, 0.25) is 5.91 Å². The SMILES string of the molecule is CCCCCCCCCCCCCCCCCCC[C@H](O)[C@@H](COP(=O)(O)OCC[N+](C)(C)C)NC(=O)CCCCCCCCC. The maximum atomic E-state index is 12.7. The second-order valence-corrected chi connectivity index (χ2v) is 16.1. The molecule has 0 aliphatic rings. The Kier molecular flexibility index (Phi) is 30.2. The molecule has 0 bridgehead atoms. The fourth-order valence-electron chi connectivity index (χ4n) is 5.69. The first-order valence-corrected chi connectivity index (χ1v) is 20.9. The molecular formula is C37H78N2O6P+. The molecule has 0 aromatic rings. The summed E-state index contributed by atoms with van der Waals surface area (Å²) in [6.07, 6.45) is 29.9. The third kappa shape index (κ3) is 32.1. The van der Waals surface area contributed by atoms with Crippen molar-refractivity contribution in [1.82, 2.24) is 5.32 Å². The number of unbranched alkanes of at least 4 members (excludes halogenated alkanes) is 22.